The Morgan fingerprint density at radius 2 is 2.33 bits per heavy atom. The summed E-state index contributed by atoms with van der Waals surface area (Å²) in [7, 11) is 1.97. The zero-order valence-electron chi connectivity index (χ0n) is 7.84. The molecule has 0 bridgehead atoms. The van der Waals surface area contributed by atoms with Crippen LogP contribution < -0.4 is 0 Å². The van der Waals surface area contributed by atoms with Crippen molar-refractivity contribution in [2.75, 3.05) is 5.33 Å². The molecule has 0 saturated carbocycles. The highest BCUT2D eigenvalue weighted by Gasteiger charge is 2.07. The number of halogens is 1. The summed E-state index contributed by atoms with van der Waals surface area (Å²) in [4.78, 5) is 0. The van der Waals surface area contributed by atoms with Crippen LogP contribution in [0.25, 0.3) is 0 Å². The fourth-order valence-corrected chi connectivity index (χ4v) is 1.47. The first kappa shape index (κ1) is 9.78. The van der Waals surface area contributed by atoms with E-state index in [1.807, 2.05) is 11.7 Å². The minimum atomic E-state index is 0.665. The highest BCUT2D eigenvalue weighted by Crippen LogP contribution is 2.12. The summed E-state index contributed by atoms with van der Waals surface area (Å²) in [6, 6.07) is 0. The highest BCUT2D eigenvalue weighted by atomic mass is 79.9. The van der Waals surface area contributed by atoms with Crippen molar-refractivity contribution in [1.82, 2.24) is 9.78 Å². The zero-order valence-corrected chi connectivity index (χ0v) is 9.43. The van der Waals surface area contributed by atoms with E-state index in [0.29, 0.717) is 5.92 Å². The maximum atomic E-state index is 4.39. The Morgan fingerprint density at radius 1 is 1.67 bits per heavy atom. The fourth-order valence-electron chi connectivity index (χ4n) is 1.24. The largest absolute Gasteiger partial charge is 0.275 e. The number of hydrogen-bond donors (Lipinski definition) is 0. The Labute approximate surface area is 82.1 Å². The molecule has 0 fully saturated rings. The number of alkyl halides is 1. The van der Waals surface area contributed by atoms with E-state index in [9.17, 15) is 0 Å². The third-order valence-corrected chi connectivity index (χ3v) is 3.02. The average Bonchev–Trinajstić information content (AvgIpc) is 2.30. The Balaban J connectivity index is 2.68. The molecule has 1 atom stereocenters. The van der Waals surface area contributed by atoms with Gasteiger partial charge in [-0.2, -0.15) is 5.10 Å². The highest BCUT2D eigenvalue weighted by molar-refractivity contribution is 9.09. The minimum Gasteiger partial charge on any atom is -0.275 e. The van der Waals surface area contributed by atoms with Crippen molar-refractivity contribution in [3.05, 3.63) is 17.5 Å². The van der Waals surface area contributed by atoms with Crippen LogP contribution in [0.2, 0.25) is 0 Å². The number of aromatic nitrogens is 2. The maximum Gasteiger partial charge on any atom is 0.0656 e. The molecule has 12 heavy (non-hydrogen) atoms. The monoisotopic (exact) mass is 230 g/mol. The summed E-state index contributed by atoms with van der Waals surface area (Å²) < 4.78 is 1.88. The topological polar surface area (TPSA) is 17.8 Å². The molecule has 1 unspecified atom stereocenters. The molecular weight excluding hydrogens is 216 g/mol. The van der Waals surface area contributed by atoms with Crippen LogP contribution in [-0.4, -0.2) is 15.1 Å². The van der Waals surface area contributed by atoms with E-state index in [2.05, 4.69) is 41.1 Å². The second-order valence-corrected chi connectivity index (χ2v) is 4.04. The number of rotatable bonds is 3. The van der Waals surface area contributed by atoms with Crippen LogP contribution >= 0.6 is 15.9 Å². The van der Waals surface area contributed by atoms with Crippen molar-refractivity contribution in [3.8, 4) is 0 Å². The standard InChI is InChI=1S/C9H15BrN2/c1-7(5-10)4-9-8(2)6-12(3)11-9/h6-7H,4-5H2,1-3H3. The summed E-state index contributed by atoms with van der Waals surface area (Å²) in [5.74, 6) is 0.665. The molecule has 1 aromatic rings. The van der Waals surface area contributed by atoms with Crippen LogP contribution in [0.3, 0.4) is 0 Å². The maximum absolute atomic E-state index is 4.39. The number of hydrogen-bond acceptors (Lipinski definition) is 1. The number of nitrogens with zero attached hydrogens (tertiary/aromatic N) is 2. The van der Waals surface area contributed by atoms with Gasteiger partial charge in [0.1, 0.15) is 0 Å². The van der Waals surface area contributed by atoms with Crippen molar-refractivity contribution in [2.24, 2.45) is 13.0 Å². The molecule has 0 aliphatic carbocycles. The molecule has 1 aromatic heterocycles. The second-order valence-electron chi connectivity index (χ2n) is 3.40. The van der Waals surface area contributed by atoms with E-state index >= 15 is 0 Å². The second kappa shape index (κ2) is 4.08. The molecule has 0 N–H and O–H groups in total. The van der Waals surface area contributed by atoms with Gasteiger partial charge in [-0.15, -0.1) is 0 Å². The predicted octanol–water partition coefficient (Wildman–Crippen LogP) is 2.30. The van der Waals surface area contributed by atoms with Gasteiger partial charge in [-0.3, -0.25) is 4.68 Å². The van der Waals surface area contributed by atoms with E-state index in [1.54, 1.807) is 0 Å². The molecular formula is C9H15BrN2. The third-order valence-electron chi connectivity index (χ3n) is 1.92. The van der Waals surface area contributed by atoms with E-state index < -0.39 is 0 Å². The molecule has 0 spiro atoms. The van der Waals surface area contributed by atoms with Crippen LogP contribution in [0.5, 0.6) is 0 Å². The molecule has 0 radical (unpaired) electrons. The van der Waals surface area contributed by atoms with Gasteiger partial charge in [-0.25, -0.2) is 0 Å². The molecule has 68 valence electrons. The molecule has 0 amide bonds. The first-order chi connectivity index (χ1) is 5.63. The van der Waals surface area contributed by atoms with Crippen LogP contribution in [0.4, 0.5) is 0 Å². The first-order valence-corrected chi connectivity index (χ1v) is 5.30. The van der Waals surface area contributed by atoms with Gasteiger partial charge in [0, 0.05) is 18.6 Å². The van der Waals surface area contributed by atoms with Gasteiger partial charge < -0.3 is 0 Å². The minimum absolute atomic E-state index is 0.665. The van der Waals surface area contributed by atoms with Gasteiger partial charge in [0.25, 0.3) is 0 Å². The molecule has 0 aromatic carbocycles. The molecule has 2 nitrogen and oxygen atoms in total. The Hall–Kier alpha value is -0.310. The summed E-state index contributed by atoms with van der Waals surface area (Å²) in [5, 5.41) is 5.44. The molecule has 1 heterocycles. The smallest absolute Gasteiger partial charge is 0.0656 e. The van der Waals surface area contributed by atoms with Crippen LogP contribution in [-0.2, 0) is 13.5 Å². The van der Waals surface area contributed by atoms with Crippen molar-refractivity contribution in [1.29, 1.82) is 0 Å². The lowest BCUT2D eigenvalue weighted by Gasteiger charge is -2.04. The van der Waals surface area contributed by atoms with Crippen LogP contribution in [0, 0.1) is 12.8 Å². The Morgan fingerprint density at radius 3 is 2.75 bits per heavy atom. The van der Waals surface area contributed by atoms with E-state index in [-0.39, 0.29) is 0 Å². The predicted molar refractivity (Wildman–Crippen MR) is 54.6 cm³/mol. The zero-order chi connectivity index (χ0) is 9.14. The van der Waals surface area contributed by atoms with Gasteiger partial charge in [-0.05, 0) is 24.8 Å². The molecule has 0 saturated heterocycles. The van der Waals surface area contributed by atoms with Crippen LogP contribution in [0.1, 0.15) is 18.2 Å². The van der Waals surface area contributed by atoms with Gasteiger partial charge in [0.15, 0.2) is 0 Å². The van der Waals surface area contributed by atoms with Gasteiger partial charge in [-0.1, -0.05) is 22.9 Å². The normalized spacial score (nSPS) is 13.3. The van der Waals surface area contributed by atoms with Crippen molar-refractivity contribution in [3.63, 3.8) is 0 Å². The lowest BCUT2D eigenvalue weighted by Crippen LogP contribution is -2.03. The third kappa shape index (κ3) is 2.34. The van der Waals surface area contributed by atoms with Gasteiger partial charge in [0.2, 0.25) is 0 Å². The van der Waals surface area contributed by atoms with Gasteiger partial charge >= 0.3 is 0 Å². The van der Waals surface area contributed by atoms with Crippen molar-refractivity contribution in [2.45, 2.75) is 20.3 Å². The lowest BCUT2D eigenvalue weighted by molar-refractivity contribution is 0.631. The SMILES string of the molecule is Cc1cn(C)nc1CC(C)CBr. The number of aryl methyl sites for hydroxylation is 2. The van der Waals surface area contributed by atoms with E-state index in [0.717, 1.165) is 11.8 Å². The van der Waals surface area contributed by atoms with Crippen molar-refractivity contribution >= 4 is 15.9 Å². The van der Waals surface area contributed by atoms with Crippen LogP contribution in [0.15, 0.2) is 6.20 Å². The fraction of sp³-hybridized carbons (Fsp3) is 0.667. The Bertz CT molecular complexity index is 255. The first-order valence-electron chi connectivity index (χ1n) is 4.18. The van der Waals surface area contributed by atoms with E-state index in [1.165, 1.54) is 11.3 Å². The quantitative estimate of drug-likeness (QED) is 0.730. The lowest BCUT2D eigenvalue weighted by atomic mass is 10.1. The molecule has 1 rings (SSSR count). The summed E-state index contributed by atoms with van der Waals surface area (Å²) in [6.45, 7) is 4.34. The summed E-state index contributed by atoms with van der Waals surface area (Å²) in [6.07, 6.45) is 3.13. The van der Waals surface area contributed by atoms with Crippen molar-refractivity contribution < 1.29 is 0 Å². The molecule has 0 aliphatic rings. The van der Waals surface area contributed by atoms with Gasteiger partial charge in [0.05, 0.1) is 5.69 Å². The Kier molecular flexibility index (Phi) is 3.32. The average molecular weight is 231 g/mol. The van der Waals surface area contributed by atoms with E-state index in [4.69, 9.17) is 0 Å². The molecule has 3 heteroatoms. The summed E-state index contributed by atoms with van der Waals surface area (Å²) in [5.41, 5.74) is 2.52. The summed E-state index contributed by atoms with van der Waals surface area (Å²) >= 11 is 3.47. The molecule has 0 aliphatic heterocycles.